The molecule has 1 unspecified atom stereocenters. The van der Waals surface area contributed by atoms with Gasteiger partial charge in [-0.05, 0) is 38.5 Å². The lowest BCUT2D eigenvalue weighted by Gasteiger charge is -2.17. The highest BCUT2D eigenvalue weighted by Crippen LogP contribution is 2.20. The van der Waals surface area contributed by atoms with E-state index in [4.69, 9.17) is 5.73 Å². The topological polar surface area (TPSA) is 67.1 Å². The van der Waals surface area contributed by atoms with E-state index < -0.39 is 0 Å². The van der Waals surface area contributed by atoms with Crippen molar-refractivity contribution in [2.24, 2.45) is 0 Å². The van der Waals surface area contributed by atoms with Crippen LogP contribution >= 0.6 is 0 Å². The first-order chi connectivity index (χ1) is 8.58. The van der Waals surface area contributed by atoms with E-state index in [-0.39, 0.29) is 5.91 Å². The second-order valence-corrected chi connectivity index (χ2v) is 4.50. The van der Waals surface area contributed by atoms with Gasteiger partial charge in [0.1, 0.15) is 0 Å². The van der Waals surface area contributed by atoms with E-state index in [1.807, 2.05) is 19.1 Å². The maximum atomic E-state index is 12.0. The van der Waals surface area contributed by atoms with Gasteiger partial charge in [-0.25, -0.2) is 0 Å². The van der Waals surface area contributed by atoms with Crippen molar-refractivity contribution >= 4 is 17.3 Å². The molecule has 1 atom stereocenters. The fourth-order valence-corrected chi connectivity index (χ4v) is 1.90. The summed E-state index contributed by atoms with van der Waals surface area (Å²) in [7, 11) is 0. The highest BCUT2D eigenvalue weighted by molar-refractivity contribution is 6.00. The Balaban J connectivity index is 2.92. The van der Waals surface area contributed by atoms with Crippen molar-refractivity contribution in [1.82, 2.24) is 5.32 Å². The normalized spacial score (nSPS) is 11.9. The largest absolute Gasteiger partial charge is 0.399 e. The zero-order valence-electron chi connectivity index (χ0n) is 11.4. The van der Waals surface area contributed by atoms with Crippen molar-refractivity contribution in [3.63, 3.8) is 0 Å². The second kappa shape index (κ2) is 6.89. The Morgan fingerprint density at radius 2 is 2.11 bits per heavy atom. The van der Waals surface area contributed by atoms with Crippen LogP contribution in [0, 0.1) is 0 Å². The second-order valence-electron chi connectivity index (χ2n) is 4.50. The van der Waals surface area contributed by atoms with Crippen LogP contribution in [0.5, 0.6) is 0 Å². The van der Waals surface area contributed by atoms with E-state index in [0.717, 1.165) is 18.5 Å². The number of carbonyl (C=O) groups excluding carboxylic acids is 1. The number of nitrogens with one attached hydrogen (secondary N) is 2. The van der Waals surface area contributed by atoms with E-state index in [1.54, 1.807) is 6.07 Å². The Bertz CT molecular complexity index is 404. The number of carbonyl (C=O) groups is 1. The molecule has 0 radical (unpaired) electrons. The van der Waals surface area contributed by atoms with Gasteiger partial charge in [0.2, 0.25) is 0 Å². The molecule has 1 amide bonds. The predicted octanol–water partition coefficient (Wildman–Crippen LogP) is 2.62. The van der Waals surface area contributed by atoms with E-state index >= 15 is 0 Å². The van der Waals surface area contributed by atoms with Crippen LogP contribution in [0.25, 0.3) is 0 Å². The van der Waals surface area contributed by atoms with Gasteiger partial charge < -0.3 is 16.4 Å². The molecule has 4 N–H and O–H groups in total. The monoisotopic (exact) mass is 249 g/mol. The minimum absolute atomic E-state index is 0.0870. The molecule has 0 saturated heterocycles. The van der Waals surface area contributed by atoms with Crippen LogP contribution in [0.1, 0.15) is 44.0 Å². The number of rotatable bonds is 6. The number of anilines is 2. The maximum absolute atomic E-state index is 12.0. The molecule has 0 heterocycles. The Morgan fingerprint density at radius 3 is 2.72 bits per heavy atom. The molecule has 0 saturated carbocycles. The number of benzene rings is 1. The highest BCUT2D eigenvalue weighted by atomic mass is 16.1. The summed E-state index contributed by atoms with van der Waals surface area (Å²) in [6, 6.07) is 5.73. The molecule has 0 spiro atoms. The van der Waals surface area contributed by atoms with E-state index in [0.29, 0.717) is 23.8 Å². The first-order valence-electron chi connectivity index (χ1n) is 6.52. The Kier molecular flexibility index (Phi) is 5.49. The number of nitrogens with two attached hydrogens (primary N) is 1. The predicted molar refractivity (Wildman–Crippen MR) is 76.9 cm³/mol. The molecule has 1 aromatic rings. The molecule has 0 aromatic heterocycles. The van der Waals surface area contributed by atoms with Crippen LogP contribution < -0.4 is 16.4 Å². The third kappa shape index (κ3) is 3.95. The molecular formula is C14H23N3O. The quantitative estimate of drug-likeness (QED) is 0.679. The zero-order valence-corrected chi connectivity index (χ0v) is 11.4. The van der Waals surface area contributed by atoms with Gasteiger partial charge in [0.15, 0.2) is 0 Å². The summed E-state index contributed by atoms with van der Waals surface area (Å²) in [5.74, 6) is -0.0870. The van der Waals surface area contributed by atoms with Crippen molar-refractivity contribution in [1.29, 1.82) is 0 Å². The molecule has 0 aliphatic heterocycles. The summed E-state index contributed by atoms with van der Waals surface area (Å²) in [5.41, 5.74) is 7.80. The summed E-state index contributed by atoms with van der Waals surface area (Å²) in [4.78, 5) is 12.0. The molecule has 18 heavy (non-hydrogen) atoms. The smallest absolute Gasteiger partial charge is 0.253 e. The summed E-state index contributed by atoms with van der Waals surface area (Å²) in [6.07, 6.45) is 2.18. The average Bonchev–Trinajstić information content (AvgIpc) is 2.32. The summed E-state index contributed by atoms with van der Waals surface area (Å²) >= 11 is 0. The number of hydrogen-bond acceptors (Lipinski definition) is 3. The van der Waals surface area contributed by atoms with Gasteiger partial charge in [0.25, 0.3) is 5.91 Å². The lowest BCUT2D eigenvalue weighted by atomic mass is 10.1. The molecule has 4 heteroatoms. The molecule has 1 rings (SSSR count). The molecule has 0 aliphatic rings. The molecule has 0 aliphatic carbocycles. The molecule has 1 aromatic carbocycles. The minimum Gasteiger partial charge on any atom is -0.399 e. The highest BCUT2D eigenvalue weighted by Gasteiger charge is 2.12. The van der Waals surface area contributed by atoms with Gasteiger partial charge in [0.05, 0.1) is 5.56 Å². The molecule has 0 fully saturated rings. The number of nitrogen functional groups attached to an aromatic ring is 1. The van der Waals surface area contributed by atoms with Crippen molar-refractivity contribution in [3.8, 4) is 0 Å². The third-order valence-corrected chi connectivity index (χ3v) is 2.75. The van der Waals surface area contributed by atoms with Crippen LogP contribution in [0.3, 0.4) is 0 Å². The van der Waals surface area contributed by atoms with E-state index in [2.05, 4.69) is 24.5 Å². The molecule has 4 nitrogen and oxygen atoms in total. The van der Waals surface area contributed by atoms with Crippen LogP contribution in [-0.2, 0) is 0 Å². The SMILES string of the molecule is CCCC(C)Nc1ccc(N)cc1C(=O)NCC. The Labute approximate surface area is 109 Å². The number of amides is 1. The zero-order chi connectivity index (χ0) is 13.5. The van der Waals surface area contributed by atoms with Crippen LogP contribution in [0.2, 0.25) is 0 Å². The van der Waals surface area contributed by atoms with Crippen LogP contribution in [0.4, 0.5) is 11.4 Å². The van der Waals surface area contributed by atoms with E-state index in [1.165, 1.54) is 0 Å². The Morgan fingerprint density at radius 1 is 1.39 bits per heavy atom. The van der Waals surface area contributed by atoms with Crippen molar-refractivity contribution in [2.75, 3.05) is 17.6 Å². The fourth-order valence-electron chi connectivity index (χ4n) is 1.90. The molecular weight excluding hydrogens is 226 g/mol. The van der Waals surface area contributed by atoms with Crippen molar-refractivity contribution in [2.45, 2.75) is 39.7 Å². The van der Waals surface area contributed by atoms with Crippen molar-refractivity contribution in [3.05, 3.63) is 23.8 Å². The minimum atomic E-state index is -0.0870. The average molecular weight is 249 g/mol. The van der Waals surface area contributed by atoms with E-state index in [9.17, 15) is 4.79 Å². The molecule has 0 bridgehead atoms. The first-order valence-corrected chi connectivity index (χ1v) is 6.52. The van der Waals surface area contributed by atoms with Gasteiger partial charge in [-0.2, -0.15) is 0 Å². The summed E-state index contributed by atoms with van der Waals surface area (Å²) in [5, 5.41) is 6.16. The fraction of sp³-hybridized carbons (Fsp3) is 0.500. The molecule has 100 valence electrons. The standard InChI is InChI=1S/C14H23N3O/c1-4-6-10(3)17-13-8-7-11(15)9-12(13)14(18)16-5-2/h7-10,17H,4-6,15H2,1-3H3,(H,16,18). The van der Waals surface area contributed by atoms with Crippen molar-refractivity contribution < 1.29 is 4.79 Å². The first kappa shape index (κ1) is 14.4. The lowest BCUT2D eigenvalue weighted by molar-refractivity contribution is 0.0956. The van der Waals surface area contributed by atoms with Gasteiger partial charge in [-0.15, -0.1) is 0 Å². The van der Waals surface area contributed by atoms with Crippen LogP contribution in [0.15, 0.2) is 18.2 Å². The lowest BCUT2D eigenvalue weighted by Crippen LogP contribution is -2.25. The summed E-state index contributed by atoms with van der Waals surface area (Å²) < 4.78 is 0. The summed E-state index contributed by atoms with van der Waals surface area (Å²) in [6.45, 7) is 6.77. The van der Waals surface area contributed by atoms with Gasteiger partial charge in [0, 0.05) is 24.0 Å². The Hall–Kier alpha value is -1.71. The maximum Gasteiger partial charge on any atom is 0.253 e. The third-order valence-electron chi connectivity index (χ3n) is 2.75. The van der Waals surface area contributed by atoms with Gasteiger partial charge >= 0.3 is 0 Å². The number of hydrogen-bond donors (Lipinski definition) is 3. The van der Waals surface area contributed by atoms with Gasteiger partial charge in [-0.1, -0.05) is 13.3 Å². The van der Waals surface area contributed by atoms with Crippen LogP contribution in [-0.4, -0.2) is 18.5 Å². The van der Waals surface area contributed by atoms with Gasteiger partial charge in [-0.3, -0.25) is 4.79 Å².